The highest BCUT2D eigenvalue weighted by molar-refractivity contribution is 7.17. The molecule has 0 unspecified atom stereocenters. The van der Waals surface area contributed by atoms with E-state index in [0.29, 0.717) is 32.9 Å². The zero-order chi connectivity index (χ0) is 14.9. The quantitative estimate of drug-likeness (QED) is 0.500. The third-order valence-electron chi connectivity index (χ3n) is 3.31. The van der Waals surface area contributed by atoms with Crippen LogP contribution in [0.2, 0.25) is 0 Å². The molecular formula is C16H21NO3S. The highest BCUT2D eigenvalue weighted by atomic mass is 32.1. The Bertz CT molecular complexity index is 555. The summed E-state index contributed by atoms with van der Waals surface area (Å²) in [7, 11) is 1.63. The number of rotatable bonds is 10. The number of thiophene rings is 1. The highest BCUT2D eigenvalue weighted by Crippen LogP contribution is 2.21. The number of hydrogen-bond acceptors (Lipinski definition) is 4. The van der Waals surface area contributed by atoms with Crippen LogP contribution in [0, 0.1) is 0 Å². The average Bonchev–Trinajstić information content (AvgIpc) is 2.97. The number of benzene rings is 1. The third-order valence-corrected chi connectivity index (χ3v) is 4.20. The largest absolute Gasteiger partial charge is 0.383 e. The zero-order valence-electron chi connectivity index (χ0n) is 12.3. The second-order valence-corrected chi connectivity index (χ2v) is 5.74. The van der Waals surface area contributed by atoms with E-state index in [4.69, 9.17) is 9.47 Å². The first kappa shape index (κ1) is 15.9. The normalized spacial score (nSPS) is 10.9. The third kappa shape index (κ3) is 5.12. The van der Waals surface area contributed by atoms with Gasteiger partial charge in [-0.3, -0.25) is 4.79 Å². The Hall–Kier alpha value is -1.43. The lowest BCUT2D eigenvalue weighted by Gasteiger charge is -2.16. The van der Waals surface area contributed by atoms with E-state index in [1.165, 1.54) is 15.6 Å². The lowest BCUT2D eigenvalue weighted by molar-refractivity contribution is -0.119. The van der Waals surface area contributed by atoms with E-state index in [0.717, 1.165) is 12.8 Å². The number of hydrogen-bond donors (Lipinski definition) is 0. The first-order chi connectivity index (χ1) is 10.3. The second kappa shape index (κ2) is 8.77. The SMILES string of the molecule is COCCN(C=O)CCOCCc1ccc2sccc2c1. The first-order valence-corrected chi connectivity index (χ1v) is 7.93. The van der Waals surface area contributed by atoms with Crippen LogP contribution < -0.4 is 0 Å². The van der Waals surface area contributed by atoms with E-state index >= 15 is 0 Å². The van der Waals surface area contributed by atoms with Crippen molar-refractivity contribution in [2.45, 2.75) is 6.42 Å². The number of ether oxygens (including phenoxy) is 2. The summed E-state index contributed by atoms with van der Waals surface area (Å²) in [5.74, 6) is 0. The maximum absolute atomic E-state index is 10.8. The van der Waals surface area contributed by atoms with Crippen LogP contribution in [0.15, 0.2) is 29.6 Å². The molecule has 0 saturated heterocycles. The Morgan fingerprint density at radius 3 is 2.86 bits per heavy atom. The average molecular weight is 307 g/mol. The van der Waals surface area contributed by atoms with Crippen LogP contribution in [0.3, 0.4) is 0 Å². The van der Waals surface area contributed by atoms with Gasteiger partial charge in [0, 0.05) is 24.9 Å². The fourth-order valence-electron chi connectivity index (χ4n) is 2.07. The molecule has 21 heavy (non-hydrogen) atoms. The Kier molecular flexibility index (Phi) is 6.66. The van der Waals surface area contributed by atoms with Gasteiger partial charge in [-0.15, -0.1) is 11.3 Å². The monoisotopic (exact) mass is 307 g/mol. The molecular weight excluding hydrogens is 286 g/mol. The molecule has 0 aliphatic heterocycles. The Morgan fingerprint density at radius 2 is 2.05 bits per heavy atom. The maximum atomic E-state index is 10.8. The molecule has 2 aromatic rings. The van der Waals surface area contributed by atoms with Crippen LogP contribution in [0.4, 0.5) is 0 Å². The predicted molar refractivity (Wildman–Crippen MR) is 85.9 cm³/mol. The van der Waals surface area contributed by atoms with Crippen molar-refractivity contribution < 1.29 is 14.3 Å². The number of fused-ring (bicyclic) bond motifs is 1. The van der Waals surface area contributed by atoms with Gasteiger partial charge >= 0.3 is 0 Å². The number of carbonyl (C=O) groups excluding carboxylic acids is 1. The van der Waals surface area contributed by atoms with Gasteiger partial charge in [0.2, 0.25) is 6.41 Å². The van der Waals surface area contributed by atoms with Crippen molar-refractivity contribution in [2.24, 2.45) is 0 Å². The van der Waals surface area contributed by atoms with Crippen LogP contribution in [-0.2, 0) is 20.7 Å². The summed E-state index contributed by atoms with van der Waals surface area (Å²) in [4.78, 5) is 12.5. The van der Waals surface area contributed by atoms with Crippen molar-refractivity contribution in [3.05, 3.63) is 35.2 Å². The summed E-state index contributed by atoms with van der Waals surface area (Å²) in [6.07, 6.45) is 1.73. The molecule has 1 amide bonds. The molecule has 114 valence electrons. The van der Waals surface area contributed by atoms with Gasteiger partial charge in [-0.25, -0.2) is 0 Å². The lowest BCUT2D eigenvalue weighted by Crippen LogP contribution is -2.29. The van der Waals surface area contributed by atoms with E-state index < -0.39 is 0 Å². The maximum Gasteiger partial charge on any atom is 0.209 e. The molecule has 1 heterocycles. The molecule has 0 saturated carbocycles. The Balaban J connectivity index is 1.66. The highest BCUT2D eigenvalue weighted by Gasteiger charge is 2.01. The standard InChI is InChI=1S/C16H21NO3S/c1-19-9-6-17(13-18)7-10-20-8-4-14-2-3-16-15(12-14)5-11-21-16/h2-3,5,11-13H,4,6-10H2,1H3. The molecule has 0 aliphatic carbocycles. The zero-order valence-corrected chi connectivity index (χ0v) is 13.1. The van der Waals surface area contributed by atoms with Crippen molar-refractivity contribution in [1.29, 1.82) is 0 Å². The Labute approximate surface area is 129 Å². The van der Waals surface area contributed by atoms with Crippen molar-refractivity contribution in [2.75, 3.05) is 40.0 Å². The summed E-state index contributed by atoms with van der Waals surface area (Å²) in [6.45, 7) is 3.00. The molecule has 0 aliphatic rings. The summed E-state index contributed by atoms with van der Waals surface area (Å²) >= 11 is 1.76. The van der Waals surface area contributed by atoms with E-state index in [-0.39, 0.29) is 0 Å². The fourth-order valence-corrected chi connectivity index (χ4v) is 2.84. The van der Waals surface area contributed by atoms with Crippen LogP contribution in [0.25, 0.3) is 10.1 Å². The van der Waals surface area contributed by atoms with Gasteiger partial charge in [0.1, 0.15) is 0 Å². The first-order valence-electron chi connectivity index (χ1n) is 7.05. The molecule has 0 radical (unpaired) electrons. The van der Waals surface area contributed by atoms with Crippen molar-refractivity contribution >= 4 is 27.8 Å². The topological polar surface area (TPSA) is 38.8 Å². The van der Waals surface area contributed by atoms with Gasteiger partial charge in [0.15, 0.2) is 0 Å². The minimum Gasteiger partial charge on any atom is -0.383 e. The van der Waals surface area contributed by atoms with E-state index in [9.17, 15) is 4.79 Å². The van der Waals surface area contributed by atoms with E-state index in [2.05, 4.69) is 29.6 Å². The predicted octanol–water partition coefficient (Wildman–Crippen LogP) is 2.57. The van der Waals surface area contributed by atoms with Gasteiger partial charge in [0.05, 0.1) is 19.8 Å². The smallest absolute Gasteiger partial charge is 0.209 e. The summed E-state index contributed by atoms with van der Waals surface area (Å²) in [6, 6.07) is 8.67. The summed E-state index contributed by atoms with van der Waals surface area (Å²) in [5.41, 5.74) is 1.28. The minimum atomic E-state index is 0.555. The number of amides is 1. The van der Waals surface area contributed by atoms with E-state index in [1.54, 1.807) is 23.3 Å². The lowest BCUT2D eigenvalue weighted by atomic mass is 10.1. The molecule has 5 heteroatoms. The molecule has 0 N–H and O–H groups in total. The van der Waals surface area contributed by atoms with Crippen molar-refractivity contribution in [3.8, 4) is 0 Å². The van der Waals surface area contributed by atoms with Crippen molar-refractivity contribution in [3.63, 3.8) is 0 Å². The molecule has 2 rings (SSSR count). The number of nitrogens with zero attached hydrogens (tertiary/aromatic N) is 1. The molecule has 0 fully saturated rings. The van der Waals surface area contributed by atoms with Gasteiger partial charge in [0.25, 0.3) is 0 Å². The number of methoxy groups -OCH3 is 1. The summed E-state index contributed by atoms with van der Waals surface area (Å²) < 4.78 is 11.9. The molecule has 4 nitrogen and oxygen atoms in total. The fraction of sp³-hybridized carbons (Fsp3) is 0.438. The van der Waals surface area contributed by atoms with E-state index in [1.807, 2.05) is 0 Å². The molecule has 1 aromatic carbocycles. The second-order valence-electron chi connectivity index (χ2n) is 4.79. The summed E-state index contributed by atoms with van der Waals surface area (Å²) in [5, 5.41) is 3.41. The van der Waals surface area contributed by atoms with Gasteiger partial charge in [-0.1, -0.05) is 12.1 Å². The molecule has 1 aromatic heterocycles. The van der Waals surface area contributed by atoms with Crippen LogP contribution >= 0.6 is 11.3 Å². The van der Waals surface area contributed by atoms with Gasteiger partial charge in [-0.2, -0.15) is 0 Å². The molecule has 0 spiro atoms. The minimum absolute atomic E-state index is 0.555. The Morgan fingerprint density at radius 1 is 1.19 bits per heavy atom. The number of carbonyl (C=O) groups is 1. The van der Waals surface area contributed by atoms with Gasteiger partial charge in [-0.05, 0) is 34.9 Å². The van der Waals surface area contributed by atoms with Crippen LogP contribution in [-0.4, -0.2) is 51.3 Å². The van der Waals surface area contributed by atoms with Crippen molar-refractivity contribution in [1.82, 2.24) is 4.90 Å². The molecule has 0 atom stereocenters. The van der Waals surface area contributed by atoms with Gasteiger partial charge < -0.3 is 14.4 Å². The van der Waals surface area contributed by atoms with Crippen LogP contribution in [0.5, 0.6) is 0 Å². The molecule has 0 bridgehead atoms. The van der Waals surface area contributed by atoms with Crippen LogP contribution in [0.1, 0.15) is 5.56 Å².